The zero-order valence-electron chi connectivity index (χ0n) is 14.6. The Morgan fingerprint density at radius 2 is 1.73 bits per heavy atom. The largest absolute Gasteiger partial charge is 0.445 e. The van der Waals surface area contributed by atoms with Crippen molar-refractivity contribution in [3.63, 3.8) is 0 Å². The minimum absolute atomic E-state index is 0.204. The van der Waals surface area contributed by atoms with Crippen LogP contribution in [0.3, 0.4) is 0 Å². The number of aldehydes is 1. The predicted molar refractivity (Wildman–Crippen MR) is 101 cm³/mol. The molecule has 1 amide bonds. The van der Waals surface area contributed by atoms with E-state index in [1.54, 1.807) is 0 Å². The summed E-state index contributed by atoms with van der Waals surface area (Å²) in [5.41, 5.74) is 1.36. The van der Waals surface area contributed by atoms with Crippen LogP contribution in [-0.4, -0.2) is 18.4 Å². The third kappa shape index (κ3) is 4.39. The molecular formula is C22H23NO3. The summed E-state index contributed by atoms with van der Waals surface area (Å²) < 4.78 is 5.32. The number of hydrogen-bond acceptors (Lipinski definition) is 3. The SMILES string of the molecule is O=C[C@]1(Cc2ccccc2)CCC=C[C@@H]1NC(=O)OCc1ccccc1. The third-order valence-electron chi connectivity index (χ3n) is 4.82. The molecule has 0 unspecified atom stereocenters. The van der Waals surface area contributed by atoms with Crippen LogP contribution in [0.1, 0.15) is 24.0 Å². The lowest BCUT2D eigenvalue weighted by molar-refractivity contribution is -0.117. The zero-order valence-corrected chi connectivity index (χ0v) is 14.6. The first-order chi connectivity index (χ1) is 12.7. The number of rotatable bonds is 6. The molecule has 1 N–H and O–H groups in total. The van der Waals surface area contributed by atoms with Crippen LogP contribution >= 0.6 is 0 Å². The molecule has 0 bridgehead atoms. The number of ether oxygens (including phenoxy) is 1. The number of benzene rings is 2. The second-order valence-corrected chi connectivity index (χ2v) is 6.66. The summed E-state index contributed by atoms with van der Waals surface area (Å²) in [6.07, 6.45) is 6.51. The van der Waals surface area contributed by atoms with Crippen molar-refractivity contribution in [2.45, 2.75) is 31.9 Å². The summed E-state index contributed by atoms with van der Waals surface area (Å²) in [5.74, 6) is 0. The maximum atomic E-state index is 12.3. The van der Waals surface area contributed by atoms with Crippen LogP contribution in [0.15, 0.2) is 72.8 Å². The van der Waals surface area contributed by atoms with Gasteiger partial charge in [-0.05, 0) is 30.4 Å². The van der Waals surface area contributed by atoms with Crippen LogP contribution in [0.2, 0.25) is 0 Å². The molecule has 4 heteroatoms. The van der Waals surface area contributed by atoms with E-state index in [9.17, 15) is 9.59 Å². The molecule has 1 aliphatic carbocycles. The van der Waals surface area contributed by atoms with Gasteiger partial charge in [0.2, 0.25) is 0 Å². The Hall–Kier alpha value is -2.88. The smallest absolute Gasteiger partial charge is 0.407 e. The summed E-state index contributed by atoms with van der Waals surface area (Å²) >= 11 is 0. The van der Waals surface area contributed by atoms with Crippen molar-refractivity contribution < 1.29 is 14.3 Å². The highest BCUT2D eigenvalue weighted by Gasteiger charge is 2.40. The molecule has 2 aromatic carbocycles. The van der Waals surface area contributed by atoms with Crippen LogP contribution in [0.25, 0.3) is 0 Å². The molecule has 4 nitrogen and oxygen atoms in total. The third-order valence-corrected chi connectivity index (χ3v) is 4.82. The van der Waals surface area contributed by atoms with Gasteiger partial charge in [0.15, 0.2) is 0 Å². The van der Waals surface area contributed by atoms with Gasteiger partial charge in [0.05, 0.1) is 11.5 Å². The van der Waals surface area contributed by atoms with Gasteiger partial charge >= 0.3 is 6.09 Å². The molecule has 0 saturated heterocycles. The first kappa shape index (κ1) is 17.9. The summed E-state index contributed by atoms with van der Waals surface area (Å²) in [5, 5.41) is 2.87. The number of allylic oxidation sites excluding steroid dienone is 1. The van der Waals surface area contributed by atoms with Crippen molar-refractivity contribution in [2.75, 3.05) is 0 Å². The van der Waals surface area contributed by atoms with Gasteiger partial charge in [-0.3, -0.25) is 0 Å². The van der Waals surface area contributed by atoms with E-state index in [-0.39, 0.29) is 12.6 Å². The van der Waals surface area contributed by atoms with Gasteiger partial charge in [0.1, 0.15) is 12.9 Å². The van der Waals surface area contributed by atoms with E-state index in [4.69, 9.17) is 4.74 Å². The fourth-order valence-corrected chi connectivity index (χ4v) is 3.36. The number of alkyl carbamates (subject to hydrolysis) is 1. The van der Waals surface area contributed by atoms with Gasteiger partial charge in [-0.1, -0.05) is 72.8 Å². The molecule has 134 valence electrons. The average molecular weight is 349 g/mol. The topological polar surface area (TPSA) is 55.4 Å². The Bertz CT molecular complexity index is 757. The molecule has 0 aliphatic heterocycles. The van der Waals surface area contributed by atoms with Crippen LogP contribution in [0.5, 0.6) is 0 Å². The van der Waals surface area contributed by atoms with Crippen molar-refractivity contribution in [1.82, 2.24) is 5.32 Å². The van der Waals surface area contributed by atoms with E-state index >= 15 is 0 Å². The van der Waals surface area contributed by atoms with Crippen LogP contribution in [0.4, 0.5) is 4.79 Å². The Balaban J connectivity index is 1.67. The maximum absolute atomic E-state index is 12.3. The molecule has 0 saturated carbocycles. The number of hydrogen-bond donors (Lipinski definition) is 1. The average Bonchev–Trinajstić information content (AvgIpc) is 2.69. The van der Waals surface area contributed by atoms with Crippen molar-refractivity contribution in [2.24, 2.45) is 5.41 Å². The molecule has 0 heterocycles. The molecule has 0 spiro atoms. The number of amides is 1. The van der Waals surface area contributed by atoms with Gasteiger partial charge < -0.3 is 14.8 Å². The molecule has 0 radical (unpaired) electrons. The molecule has 0 aromatic heterocycles. The fraction of sp³-hybridized carbons (Fsp3) is 0.273. The first-order valence-corrected chi connectivity index (χ1v) is 8.86. The molecule has 2 atom stereocenters. The second kappa shape index (κ2) is 8.48. The van der Waals surface area contributed by atoms with E-state index < -0.39 is 11.5 Å². The standard InChI is InChI=1S/C22H23NO3/c24-17-22(15-18-9-3-1-4-10-18)14-8-7-13-20(22)23-21(25)26-16-19-11-5-2-6-12-19/h1-7,9-13,17,20H,8,14-16H2,(H,23,25)/t20-,22+/m0/s1. The fourth-order valence-electron chi connectivity index (χ4n) is 3.36. The van der Waals surface area contributed by atoms with E-state index in [0.717, 1.165) is 23.8 Å². The Morgan fingerprint density at radius 3 is 2.38 bits per heavy atom. The molecule has 1 aliphatic rings. The highest BCUT2D eigenvalue weighted by Crippen LogP contribution is 2.35. The van der Waals surface area contributed by atoms with Crippen LogP contribution < -0.4 is 5.32 Å². The lowest BCUT2D eigenvalue weighted by Gasteiger charge is -2.37. The summed E-state index contributed by atoms with van der Waals surface area (Å²) in [7, 11) is 0. The minimum Gasteiger partial charge on any atom is -0.445 e. The van der Waals surface area contributed by atoms with E-state index in [1.807, 2.05) is 72.8 Å². The van der Waals surface area contributed by atoms with Crippen LogP contribution in [-0.2, 0) is 22.6 Å². The van der Waals surface area contributed by atoms with Crippen molar-refractivity contribution >= 4 is 12.4 Å². The molecular weight excluding hydrogens is 326 g/mol. The van der Waals surface area contributed by atoms with Crippen molar-refractivity contribution in [3.05, 3.63) is 83.9 Å². The van der Waals surface area contributed by atoms with Crippen LogP contribution in [0, 0.1) is 5.41 Å². The number of carbonyl (C=O) groups is 2. The quantitative estimate of drug-likeness (QED) is 0.632. The van der Waals surface area contributed by atoms with Crippen molar-refractivity contribution in [3.8, 4) is 0 Å². The van der Waals surface area contributed by atoms with Gasteiger partial charge in [0.25, 0.3) is 0 Å². The maximum Gasteiger partial charge on any atom is 0.407 e. The second-order valence-electron chi connectivity index (χ2n) is 6.66. The zero-order chi connectivity index (χ0) is 18.2. The first-order valence-electron chi connectivity index (χ1n) is 8.86. The molecule has 2 aromatic rings. The van der Waals surface area contributed by atoms with Gasteiger partial charge in [-0.15, -0.1) is 0 Å². The molecule has 26 heavy (non-hydrogen) atoms. The summed E-state index contributed by atoms with van der Waals surface area (Å²) in [6.45, 7) is 0.204. The van der Waals surface area contributed by atoms with E-state index in [0.29, 0.717) is 12.8 Å². The lowest BCUT2D eigenvalue weighted by atomic mass is 9.70. The number of carbonyl (C=O) groups excluding carboxylic acids is 2. The van der Waals surface area contributed by atoms with E-state index in [1.165, 1.54) is 0 Å². The van der Waals surface area contributed by atoms with Crippen molar-refractivity contribution in [1.29, 1.82) is 0 Å². The van der Waals surface area contributed by atoms with Gasteiger partial charge in [0, 0.05) is 0 Å². The summed E-state index contributed by atoms with van der Waals surface area (Å²) in [4.78, 5) is 24.3. The van der Waals surface area contributed by atoms with E-state index in [2.05, 4.69) is 5.32 Å². The lowest BCUT2D eigenvalue weighted by Crippen LogP contribution is -2.50. The Morgan fingerprint density at radius 1 is 1.08 bits per heavy atom. The highest BCUT2D eigenvalue weighted by atomic mass is 16.5. The summed E-state index contributed by atoms with van der Waals surface area (Å²) in [6, 6.07) is 19.0. The van der Waals surface area contributed by atoms with Gasteiger partial charge in [-0.25, -0.2) is 4.79 Å². The monoisotopic (exact) mass is 349 g/mol. The highest BCUT2D eigenvalue weighted by molar-refractivity contribution is 5.71. The molecule has 3 rings (SSSR count). The number of nitrogens with one attached hydrogen (secondary N) is 1. The Labute approximate surface area is 153 Å². The predicted octanol–water partition coefficient (Wildman–Crippen LogP) is 4.06. The van der Waals surface area contributed by atoms with Gasteiger partial charge in [-0.2, -0.15) is 0 Å². The minimum atomic E-state index is -0.651. The normalized spacial score (nSPS) is 21.8. The Kier molecular flexibility index (Phi) is 5.84. The molecule has 0 fully saturated rings.